The molecule has 1 atom stereocenters. The molecule has 0 aliphatic heterocycles. The zero-order valence-electron chi connectivity index (χ0n) is 11.7. The fourth-order valence-corrected chi connectivity index (χ4v) is 2.21. The summed E-state index contributed by atoms with van der Waals surface area (Å²) in [6.07, 6.45) is 0.364. The van der Waals surface area contributed by atoms with Crippen molar-refractivity contribution < 1.29 is 19.8 Å². The lowest BCUT2D eigenvalue weighted by atomic mass is 10.0. The number of phenolic OH excluding ortho intramolecular Hbond substituents is 1. The molecule has 2 aromatic rings. The van der Waals surface area contributed by atoms with Gasteiger partial charge in [0.2, 0.25) is 0 Å². The van der Waals surface area contributed by atoms with E-state index >= 15 is 0 Å². The van der Waals surface area contributed by atoms with Crippen LogP contribution in [-0.2, 0) is 4.79 Å². The number of carboxylic acid groups (broad SMARTS) is 1. The van der Waals surface area contributed by atoms with Crippen LogP contribution in [0.3, 0.4) is 0 Å². The van der Waals surface area contributed by atoms with Gasteiger partial charge >= 0.3 is 5.97 Å². The molecule has 110 valence electrons. The van der Waals surface area contributed by atoms with Crippen LogP contribution in [0.4, 0.5) is 0 Å². The zero-order chi connectivity index (χ0) is 15.4. The largest absolute Gasteiger partial charge is 0.506 e. The predicted molar refractivity (Wildman–Crippen MR) is 79.4 cm³/mol. The van der Waals surface area contributed by atoms with Crippen LogP contribution < -0.4 is 5.32 Å². The second-order valence-corrected chi connectivity index (χ2v) is 4.86. The molecule has 2 rings (SSSR count). The summed E-state index contributed by atoms with van der Waals surface area (Å²) in [4.78, 5) is 22.9. The Kier molecular flexibility index (Phi) is 4.42. The Morgan fingerprint density at radius 1 is 1.19 bits per heavy atom. The van der Waals surface area contributed by atoms with Crippen molar-refractivity contribution in [1.29, 1.82) is 0 Å². The molecule has 5 nitrogen and oxygen atoms in total. The summed E-state index contributed by atoms with van der Waals surface area (Å²) < 4.78 is 0. The summed E-state index contributed by atoms with van der Waals surface area (Å²) in [6, 6.07) is 10.0. The van der Waals surface area contributed by atoms with Crippen LogP contribution in [0.5, 0.6) is 5.75 Å². The van der Waals surface area contributed by atoms with Gasteiger partial charge in [0, 0.05) is 11.4 Å². The van der Waals surface area contributed by atoms with Crippen LogP contribution in [0, 0.1) is 0 Å². The number of hydrogen-bond donors (Lipinski definition) is 3. The number of phenols is 1. The number of aromatic hydroxyl groups is 1. The Morgan fingerprint density at radius 3 is 2.57 bits per heavy atom. The van der Waals surface area contributed by atoms with Gasteiger partial charge in [0.15, 0.2) is 0 Å². The van der Waals surface area contributed by atoms with Crippen molar-refractivity contribution >= 4 is 22.6 Å². The van der Waals surface area contributed by atoms with Gasteiger partial charge in [-0.1, -0.05) is 37.3 Å². The standard InChI is InChI=1S/C16H17NO4/c1-2-11(9-14(18)19)17-16(21)13-8-7-10-5-3-4-6-12(10)15(13)20/h3-8,11,20H,2,9H2,1H3,(H,17,21)(H,18,19). The molecule has 0 saturated heterocycles. The molecular weight excluding hydrogens is 270 g/mol. The van der Waals surface area contributed by atoms with E-state index in [4.69, 9.17) is 5.11 Å². The lowest BCUT2D eigenvalue weighted by Crippen LogP contribution is -2.36. The van der Waals surface area contributed by atoms with Gasteiger partial charge in [-0.25, -0.2) is 0 Å². The number of amides is 1. The van der Waals surface area contributed by atoms with Gasteiger partial charge < -0.3 is 15.5 Å². The molecule has 0 spiro atoms. The molecule has 0 aliphatic rings. The SMILES string of the molecule is CCC(CC(=O)O)NC(=O)c1ccc2ccccc2c1O. The summed E-state index contributed by atoms with van der Waals surface area (Å²) >= 11 is 0. The summed E-state index contributed by atoms with van der Waals surface area (Å²) in [5, 5.41) is 23.1. The number of aliphatic carboxylic acids is 1. The summed E-state index contributed by atoms with van der Waals surface area (Å²) in [6.45, 7) is 1.80. The van der Waals surface area contributed by atoms with E-state index in [0.29, 0.717) is 11.8 Å². The number of benzene rings is 2. The second-order valence-electron chi connectivity index (χ2n) is 4.86. The second kappa shape index (κ2) is 6.26. The molecule has 1 amide bonds. The number of hydrogen-bond acceptors (Lipinski definition) is 3. The Balaban J connectivity index is 2.27. The fraction of sp³-hybridized carbons (Fsp3) is 0.250. The zero-order valence-corrected chi connectivity index (χ0v) is 11.7. The lowest BCUT2D eigenvalue weighted by molar-refractivity contribution is -0.137. The molecule has 1 unspecified atom stereocenters. The van der Waals surface area contributed by atoms with E-state index in [1.54, 1.807) is 31.2 Å². The van der Waals surface area contributed by atoms with Crippen LogP contribution in [0.25, 0.3) is 10.8 Å². The summed E-state index contributed by atoms with van der Waals surface area (Å²) in [5.41, 5.74) is 0.150. The van der Waals surface area contributed by atoms with Crippen LogP contribution in [0.2, 0.25) is 0 Å². The highest BCUT2D eigenvalue weighted by molar-refractivity contribution is 6.03. The topological polar surface area (TPSA) is 86.6 Å². The van der Waals surface area contributed by atoms with Gasteiger partial charge in [0.25, 0.3) is 5.91 Å². The van der Waals surface area contributed by atoms with Crippen molar-refractivity contribution in [2.24, 2.45) is 0 Å². The van der Waals surface area contributed by atoms with Crippen molar-refractivity contribution in [3.8, 4) is 5.75 Å². The molecule has 0 aromatic heterocycles. The molecule has 0 fully saturated rings. The third-order valence-corrected chi connectivity index (χ3v) is 3.39. The first-order chi connectivity index (χ1) is 10.0. The Morgan fingerprint density at radius 2 is 1.90 bits per heavy atom. The smallest absolute Gasteiger partial charge is 0.305 e. The highest BCUT2D eigenvalue weighted by Gasteiger charge is 2.18. The number of nitrogens with one attached hydrogen (secondary N) is 1. The van der Waals surface area contributed by atoms with Gasteiger partial charge in [-0.15, -0.1) is 0 Å². The summed E-state index contributed by atoms with van der Waals surface area (Å²) in [5.74, 6) is -1.52. The molecule has 2 aromatic carbocycles. The van der Waals surface area contributed by atoms with Crippen LogP contribution in [0.15, 0.2) is 36.4 Å². The molecule has 3 N–H and O–H groups in total. The molecule has 0 saturated carbocycles. The van der Waals surface area contributed by atoms with Crippen molar-refractivity contribution in [3.05, 3.63) is 42.0 Å². The lowest BCUT2D eigenvalue weighted by Gasteiger charge is -2.15. The van der Waals surface area contributed by atoms with E-state index in [1.807, 2.05) is 12.1 Å². The average Bonchev–Trinajstić information content (AvgIpc) is 2.46. The summed E-state index contributed by atoms with van der Waals surface area (Å²) in [7, 11) is 0. The van der Waals surface area contributed by atoms with Crippen LogP contribution in [-0.4, -0.2) is 28.1 Å². The minimum Gasteiger partial charge on any atom is -0.506 e. The predicted octanol–water partition coefficient (Wildman–Crippen LogP) is 2.53. The Bertz CT molecular complexity index is 681. The molecule has 5 heteroatoms. The van der Waals surface area contributed by atoms with Crippen molar-refractivity contribution in [2.45, 2.75) is 25.8 Å². The first-order valence-electron chi connectivity index (χ1n) is 6.76. The van der Waals surface area contributed by atoms with Crippen molar-refractivity contribution in [1.82, 2.24) is 5.32 Å². The molecular formula is C16H17NO4. The molecule has 0 heterocycles. The third-order valence-electron chi connectivity index (χ3n) is 3.39. The third kappa shape index (κ3) is 3.31. The van der Waals surface area contributed by atoms with E-state index in [1.165, 1.54) is 0 Å². The molecule has 21 heavy (non-hydrogen) atoms. The van der Waals surface area contributed by atoms with Crippen LogP contribution >= 0.6 is 0 Å². The monoisotopic (exact) mass is 287 g/mol. The van der Waals surface area contributed by atoms with E-state index in [0.717, 1.165) is 5.39 Å². The number of carbonyl (C=O) groups is 2. The Hall–Kier alpha value is -2.56. The maximum atomic E-state index is 12.2. The van der Waals surface area contributed by atoms with E-state index in [-0.39, 0.29) is 17.7 Å². The quantitative estimate of drug-likeness (QED) is 0.788. The van der Waals surface area contributed by atoms with Gasteiger partial charge in [0.05, 0.1) is 12.0 Å². The molecule has 0 bridgehead atoms. The number of rotatable bonds is 5. The molecule has 0 radical (unpaired) electrons. The van der Waals surface area contributed by atoms with E-state index in [9.17, 15) is 14.7 Å². The number of fused-ring (bicyclic) bond motifs is 1. The van der Waals surface area contributed by atoms with Crippen molar-refractivity contribution in [2.75, 3.05) is 0 Å². The van der Waals surface area contributed by atoms with Gasteiger partial charge in [-0.05, 0) is 17.9 Å². The van der Waals surface area contributed by atoms with E-state index < -0.39 is 17.9 Å². The number of carboxylic acids is 1. The van der Waals surface area contributed by atoms with Gasteiger partial charge in [0.1, 0.15) is 5.75 Å². The van der Waals surface area contributed by atoms with Gasteiger partial charge in [-0.3, -0.25) is 9.59 Å². The van der Waals surface area contributed by atoms with Gasteiger partial charge in [-0.2, -0.15) is 0 Å². The minimum atomic E-state index is -0.968. The Labute approximate surface area is 122 Å². The highest BCUT2D eigenvalue weighted by atomic mass is 16.4. The first kappa shape index (κ1) is 14.8. The van der Waals surface area contributed by atoms with Crippen molar-refractivity contribution in [3.63, 3.8) is 0 Å². The normalized spacial score (nSPS) is 12.0. The first-order valence-corrected chi connectivity index (χ1v) is 6.76. The minimum absolute atomic E-state index is 0.0872. The maximum Gasteiger partial charge on any atom is 0.305 e. The van der Waals surface area contributed by atoms with Crippen LogP contribution in [0.1, 0.15) is 30.1 Å². The fourth-order valence-electron chi connectivity index (χ4n) is 2.21. The van der Waals surface area contributed by atoms with E-state index in [2.05, 4.69) is 5.32 Å². The maximum absolute atomic E-state index is 12.2. The average molecular weight is 287 g/mol. The highest BCUT2D eigenvalue weighted by Crippen LogP contribution is 2.28. The number of carbonyl (C=O) groups excluding carboxylic acids is 1. The molecule has 0 aliphatic carbocycles.